The number of para-hydroxylation sites is 1. The highest BCUT2D eigenvalue weighted by molar-refractivity contribution is 6.40. The predicted octanol–water partition coefficient (Wildman–Crippen LogP) is 3.62. The number of anilines is 1. The Bertz CT molecular complexity index is 738. The van der Waals surface area contributed by atoms with E-state index in [1.54, 1.807) is 12.1 Å². The number of guanidine groups is 1. The fraction of sp³-hybridized carbons (Fsp3) is 0.125. The van der Waals surface area contributed by atoms with Gasteiger partial charge in [-0.1, -0.05) is 47.5 Å². The highest BCUT2D eigenvalue weighted by Gasteiger charge is 2.20. The fourth-order valence-corrected chi connectivity index (χ4v) is 2.70. The van der Waals surface area contributed by atoms with Gasteiger partial charge in [-0.05, 0) is 24.3 Å². The molecule has 0 radical (unpaired) electrons. The summed E-state index contributed by atoms with van der Waals surface area (Å²) in [6.07, 6.45) is 0. The van der Waals surface area contributed by atoms with Crippen LogP contribution in [0.25, 0.3) is 0 Å². The second-order valence-electron chi connectivity index (χ2n) is 4.97. The van der Waals surface area contributed by atoms with Crippen LogP contribution in [0.1, 0.15) is 5.56 Å². The minimum absolute atomic E-state index is 0.458. The lowest BCUT2D eigenvalue weighted by atomic mass is 10.2. The molecule has 0 fully saturated rings. The Balaban J connectivity index is 1.83. The van der Waals surface area contributed by atoms with E-state index in [4.69, 9.17) is 23.2 Å². The van der Waals surface area contributed by atoms with Crippen molar-refractivity contribution in [2.45, 2.75) is 0 Å². The van der Waals surface area contributed by atoms with Crippen LogP contribution >= 0.6 is 23.2 Å². The van der Waals surface area contributed by atoms with E-state index in [1.165, 1.54) is 0 Å². The van der Waals surface area contributed by atoms with Crippen LogP contribution in [-0.2, 0) is 0 Å². The SMILES string of the molecule is CN1CN=C(NNc2ccccc2)N=C1c1c(Cl)cccc1Cl. The molecule has 0 saturated carbocycles. The third-order valence-corrected chi connectivity index (χ3v) is 3.91. The summed E-state index contributed by atoms with van der Waals surface area (Å²) in [5.74, 6) is 1.14. The maximum Gasteiger partial charge on any atom is 0.240 e. The van der Waals surface area contributed by atoms with E-state index in [9.17, 15) is 0 Å². The zero-order chi connectivity index (χ0) is 16.2. The van der Waals surface area contributed by atoms with E-state index in [-0.39, 0.29) is 0 Å². The summed E-state index contributed by atoms with van der Waals surface area (Å²) in [5, 5.41) is 1.11. The van der Waals surface area contributed by atoms with Crippen LogP contribution in [0.3, 0.4) is 0 Å². The third kappa shape index (κ3) is 3.57. The van der Waals surface area contributed by atoms with Crippen molar-refractivity contribution in [2.24, 2.45) is 9.98 Å². The molecular formula is C16H15Cl2N5. The van der Waals surface area contributed by atoms with Crippen LogP contribution in [-0.4, -0.2) is 30.4 Å². The Hall–Kier alpha value is -2.24. The number of aliphatic imine (C=N–C) groups is 2. The zero-order valence-electron chi connectivity index (χ0n) is 12.4. The summed E-state index contributed by atoms with van der Waals surface area (Å²) in [5.41, 5.74) is 7.67. The van der Waals surface area contributed by atoms with Gasteiger partial charge in [0.1, 0.15) is 12.5 Å². The topological polar surface area (TPSA) is 52.0 Å². The maximum absolute atomic E-state index is 6.28. The van der Waals surface area contributed by atoms with E-state index in [0.717, 1.165) is 5.69 Å². The number of hydrogen-bond acceptors (Lipinski definition) is 5. The van der Waals surface area contributed by atoms with Gasteiger partial charge in [-0.25, -0.2) is 4.99 Å². The van der Waals surface area contributed by atoms with Gasteiger partial charge in [0.25, 0.3) is 0 Å². The van der Waals surface area contributed by atoms with Gasteiger partial charge in [0.15, 0.2) is 0 Å². The van der Waals surface area contributed by atoms with Gasteiger partial charge in [-0.15, -0.1) is 0 Å². The molecule has 2 N–H and O–H groups in total. The molecule has 0 aliphatic carbocycles. The summed E-state index contributed by atoms with van der Waals surface area (Å²) < 4.78 is 0. The van der Waals surface area contributed by atoms with Crippen molar-refractivity contribution in [3.05, 3.63) is 64.1 Å². The highest BCUT2D eigenvalue weighted by Crippen LogP contribution is 2.26. The normalized spacial score (nSPS) is 14.1. The van der Waals surface area contributed by atoms with Crippen molar-refractivity contribution < 1.29 is 0 Å². The molecule has 0 spiro atoms. The lowest BCUT2D eigenvalue weighted by molar-refractivity contribution is 0.515. The fourth-order valence-electron chi connectivity index (χ4n) is 2.14. The molecule has 23 heavy (non-hydrogen) atoms. The molecule has 0 bridgehead atoms. The molecule has 2 aromatic rings. The second-order valence-corrected chi connectivity index (χ2v) is 5.78. The number of benzene rings is 2. The third-order valence-electron chi connectivity index (χ3n) is 3.28. The Morgan fingerprint density at radius 1 is 0.957 bits per heavy atom. The minimum Gasteiger partial charge on any atom is -0.339 e. The first-order valence-corrected chi connectivity index (χ1v) is 7.76. The van der Waals surface area contributed by atoms with Gasteiger partial charge in [0.2, 0.25) is 5.96 Å². The predicted molar refractivity (Wildman–Crippen MR) is 96.3 cm³/mol. The van der Waals surface area contributed by atoms with E-state index >= 15 is 0 Å². The lowest BCUT2D eigenvalue weighted by Crippen LogP contribution is -2.38. The summed E-state index contributed by atoms with van der Waals surface area (Å²) in [7, 11) is 1.89. The lowest BCUT2D eigenvalue weighted by Gasteiger charge is -2.25. The Morgan fingerprint density at radius 3 is 2.35 bits per heavy atom. The number of nitrogens with one attached hydrogen (secondary N) is 2. The maximum atomic E-state index is 6.28. The second kappa shape index (κ2) is 6.89. The zero-order valence-corrected chi connectivity index (χ0v) is 13.9. The Morgan fingerprint density at radius 2 is 1.65 bits per heavy atom. The van der Waals surface area contributed by atoms with Crippen molar-refractivity contribution in [3.8, 4) is 0 Å². The van der Waals surface area contributed by atoms with Gasteiger partial charge in [0, 0.05) is 7.05 Å². The number of hydrazine groups is 1. The van der Waals surface area contributed by atoms with Gasteiger partial charge in [-0.2, -0.15) is 4.99 Å². The van der Waals surface area contributed by atoms with Crippen LogP contribution in [0.5, 0.6) is 0 Å². The van der Waals surface area contributed by atoms with Crippen LogP contribution in [0.15, 0.2) is 58.5 Å². The molecule has 0 unspecified atom stereocenters. The first-order valence-electron chi connectivity index (χ1n) is 7.01. The first kappa shape index (κ1) is 15.6. The summed E-state index contributed by atoms with van der Waals surface area (Å²) in [4.78, 5) is 10.8. The van der Waals surface area contributed by atoms with E-state index in [0.29, 0.717) is 34.1 Å². The monoisotopic (exact) mass is 347 g/mol. The Kier molecular flexibility index (Phi) is 4.69. The van der Waals surface area contributed by atoms with Crippen molar-refractivity contribution in [1.29, 1.82) is 0 Å². The van der Waals surface area contributed by atoms with Gasteiger partial charge >= 0.3 is 0 Å². The quantitative estimate of drug-likeness (QED) is 0.833. The van der Waals surface area contributed by atoms with Crippen LogP contribution in [0.2, 0.25) is 10.0 Å². The number of nitrogens with zero attached hydrogens (tertiary/aromatic N) is 3. The Labute approximate surface area is 144 Å². The summed E-state index contributed by atoms with van der Waals surface area (Å²) >= 11 is 12.6. The molecule has 1 aliphatic rings. The summed E-state index contributed by atoms with van der Waals surface area (Å²) in [6, 6.07) is 15.1. The molecule has 1 heterocycles. The molecule has 7 heteroatoms. The molecule has 0 aromatic heterocycles. The minimum atomic E-state index is 0.458. The van der Waals surface area contributed by atoms with E-state index in [2.05, 4.69) is 20.8 Å². The molecule has 0 atom stereocenters. The van der Waals surface area contributed by atoms with Gasteiger partial charge in [-0.3, -0.25) is 10.9 Å². The highest BCUT2D eigenvalue weighted by atomic mass is 35.5. The van der Waals surface area contributed by atoms with E-state index < -0.39 is 0 Å². The van der Waals surface area contributed by atoms with Crippen molar-refractivity contribution in [2.75, 3.05) is 19.1 Å². The molecule has 5 nitrogen and oxygen atoms in total. The molecule has 0 amide bonds. The first-order chi connectivity index (χ1) is 11.1. The van der Waals surface area contributed by atoms with E-state index in [1.807, 2.05) is 48.3 Å². The number of rotatable bonds is 3. The molecule has 118 valence electrons. The van der Waals surface area contributed by atoms with Gasteiger partial charge < -0.3 is 4.90 Å². The number of halogens is 2. The standard InChI is InChI=1S/C16H15Cl2N5/c1-23-10-19-16(22-21-11-6-3-2-4-7-11)20-15(23)14-12(17)8-5-9-13(14)18/h2-9,21H,10H2,1H3,(H,19,22). The van der Waals surface area contributed by atoms with Crippen molar-refractivity contribution >= 4 is 40.7 Å². The molecule has 2 aromatic carbocycles. The molecule has 1 aliphatic heterocycles. The van der Waals surface area contributed by atoms with Gasteiger partial charge in [0.05, 0.1) is 21.3 Å². The number of hydrogen-bond donors (Lipinski definition) is 2. The average Bonchev–Trinajstić information content (AvgIpc) is 2.56. The molecular weight excluding hydrogens is 333 g/mol. The van der Waals surface area contributed by atoms with Crippen LogP contribution in [0.4, 0.5) is 5.69 Å². The molecule has 3 rings (SSSR count). The van der Waals surface area contributed by atoms with Crippen LogP contribution < -0.4 is 10.9 Å². The average molecular weight is 348 g/mol. The number of amidine groups is 1. The largest absolute Gasteiger partial charge is 0.339 e. The van der Waals surface area contributed by atoms with Crippen molar-refractivity contribution in [3.63, 3.8) is 0 Å². The molecule has 0 saturated heterocycles. The van der Waals surface area contributed by atoms with Crippen LogP contribution in [0, 0.1) is 0 Å². The smallest absolute Gasteiger partial charge is 0.240 e. The van der Waals surface area contributed by atoms with Crippen molar-refractivity contribution in [1.82, 2.24) is 10.3 Å². The summed E-state index contributed by atoms with van der Waals surface area (Å²) in [6.45, 7) is 0.458.